The summed E-state index contributed by atoms with van der Waals surface area (Å²) in [5.74, 6) is 1.11. The Hall–Kier alpha value is -1.40. The lowest BCUT2D eigenvalue weighted by Crippen LogP contribution is -2.18. The van der Waals surface area contributed by atoms with Crippen LogP contribution in [0.25, 0.3) is 20.4 Å². The van der Waals surface area contributed by atoms with Crippen molar-refractivity contribution in [3.05, 3.63) is 18.0 Å². The molecule has 0 N–H and O–H groups in total. The average Bonchev–Trinajstić information content (AvgIpc) is 3.13. The highest BCUT2D eigenvalue weighted by atomic mass is 32.2. The molecule has 0 aliphatic carbocycles. The van der Waals surface area contributed by atoms with Gasteiger partial charge in [0, 0.05) is 18.5 Å². The molecule has 1 saturated heterocycles. The maximum absolute atomic E-state index is 4.90. The first-order valence-corrected chi connectivity index (χ1v) is 9.16. The minimum absolute atomic E-state index is 1.05. The summed E-state index contributed by atoms with van der Waals surface area (Å²) in [7, 11) is 0. The van der Waals surface area contributed by atoms with Crippen molar-refractivity contribution >= 4 is 49.3 Å². The fourth-order valence-corrected chi connectivity index (χ4v) is 4.86. The summed E-state index contributed by atoms with van der Waals surface area (Å²) in [5, 5.41) is 2.24. The number of pyridine rings is 1. The Bertz CT molecular complexity index is 821. The highest BCUT2D eigenvalue weighted by Gasteiger charge is 2.18. The molecular weight excluding hydrogens is 300 g/mol. The average molecular weight is 316 g/mol. The summed E-state index contributed by atoms with van der Waals surface area (Å²) >= 11 is 3.39. The van der Waals surface area contributed by atoms with Gasteiger partial charge in [0.05, 0.1) is 10.2 Å². The highest BCUT2D eigenvalue weighted by Crippen LogP contribution is 2.38. The molecule has 1 aliphatic heterocycles. The Kier molecular flexibility index (Phi) is 3.23. The van der Waals surface area contributed by atoms with Crippen LogP contribution in [0.1, 0.15) is 18.4 Å². The number of hydrogen-bond donors (Lipinski definition) is 0. The predicted octanol–water partition coefficient (Wildman–Crippen LogP) is 3.87. The summed E-state index contributed by atoms with van der Waals surface area (Å²) in [5.41, 5.74) is 2.31. The smallest absolute Gasteiger partial charge is 0.130 e. The zero-order valence-corrected chi connectivity index (χ0v) is 13.7. The van der Waals surface area contributed by atoms with Gasteiger partial charge in [-0.05, 0) is 37.7 Å². The van der Waals surface area contributed by atoms with Crippen LogP contribution in [0.3, 0.4) is 0 Å². The van der Waals surface area contributed by atoms with E-state index in [4.69, 9.17) is 4.98 Å². The summed E-state index contributed by atoms with van der Waals surface area (Å²) in [4.78, 5) is 17.2. The molecule has 4 heterocycles. The molecule has 21 heavy (non-hydrogen) atoms. The third-order valence-corrected chi connectivity index (χ3v) is 5.91. The first-order valence-electron chi connectivity index (χ1n) is 7.11. The first-order chi connectivity index (χ1) is 10.3. The van der Waals surface area contributed by atoms with E-state index in [0.29, 0.717) is 0 Å². The van der Waals surface area contributed by atoms with Crippen LogP contribution in [0.4, 0.5) is 5.82 Å². The molecule has 3 aromatic heterocycles. The molecule has 1 fully saturated rings. The van der Waals surface area contributed by atoms with E-state index in [1.807, 2.05) is 0 Å². The van der Waals surface area contributed by atoms with Gasteiger partial charge in [-0.15, -0.1) is 23.1 Å². The molecule has 4 rings (SSSR count). The minimum Gasteiger partial charge on any atom is -0.357 e. The van der Waals surface area contributed by atoms with E-state index < -0.39 is 0 Å². The van der Waals surface area contributed by atoms with Crippen LogP contribution < -0.4 is 4.90 Å². The van der Waals surface area contributed by atoms with Crippen molar-refractivity contribution in [3.63, 3.8) is 0 Å². The lowest BCUT2D eigenvalue weighted by atomic mass is 10.2. The molecule has 3 aromatic rings. The summed E-state index contributed by atoms with van der Waals surface area (Å²) in [6.45, 7) is 4.41. The Labute approximate surface area is 131 Å². The highest BCUT2D eigenvalue weighted by molar-refractivity contribution is 7.98. The second-order valence-corrected chi connectivity index (χ2v) is 7.13. The molecule has 0 bridgehead atoms. The van der Waals surface area contributed by atoms with Gasteiger partial charge in [-0.2, -0.15) is 0 Å². The molecule has 6 heteroatoms. The Morgan fingerprint density at radius 2 is 2.05 bits per heavy atom. The van der Waals surface area contributed by atoms with Crippen molar-refractivity contribution in [1.82, 2.24) is 15.0 Å². The number of rotatable bonds is 2. The summed E-state index contributed by atoms with van der Waals surface area (Å²) in [6, 6.07) is 2.21. The van der Waals surface area contributed by atoms with Gasteiger partial charge in [0.15, 0.2) is 0 Å². The number of thiophene rings is 1. The molecule has 0 atom stereocenters. The number of aromatic nitrogens is 3. The zero-order chi connectivity index (χ0) is 14.4. The SMILES string of the molecule is CSc1ncnc2c1sc1nc(N3CCCC3)cc(C)c12. The van der Waals surface area contributed by atoms with Crippen LogP contribution in [-0.2, 0) is 0 Å². The third-order valence-electron chi connectivity index (χ3n) is 4.00. The monoisotopic (exact) mass is 316 g/mol. The number of thioether (sulfide) groups is 1. The van der Waals surface area contributed by atoms with Gasteiger partial charge in [0.1, 0.15) is 22.0 Å². The van der Waals surface area contributed by atoms with Crippen LogP contribution in [0, 0.1) is 6.92 Å². The lowest BCUT2D eigenvalue weighted by Gasteiger charge is -2.16. The van der Waals surface area contributed by atoms with Gasteiger partial charge in [-0.3, -0.25) is 0 Å². The standard InChI is InChI=1S/C15H16N4S2/c1-9-7-10(19-5-3-4-6-19)18-14-11(9)12-13(21-14)15(20-2)17-8-16-12/h7-8H,3-6H2,1-2H3. The van der Waals surface area contributed by atoms with E-state index in [1.54, 1.807) is 29.4 Å². The number of anilines is 1. The van der Waals surface area contributed by atoms with Crippen molar-refractivity contribution < 1.29 is 0 Å². The second kappa shape index (κ2) is 5.10. The van der Waals surface area contributed by atoms with E-state index >= 15 is 0 Å². The fourth-order valence-electron chi connectivity index (χ4n) is 2.97. The maximum Gasteiger partial charge on any atom is 0.130 e. The van der Waals surface area contributed by atoms with E-state index in [1.165, 1.54) is 23.8 Å². The zero-order valence-electron chi connectivity index (χ0n) is 12.1. The summed E-state index contributed by atoms with van der Waals surface area (Å²) < 4.78 is 1.16. The van der Waals surface area contributed by atoms with Crippen LogP contribution in [0.2, 0.25) is 0 Å². The maximum atomic E-state index is 4.90. The molecule has 0 spiro atoms. The molecule has 4 nitrogen and oxygen atoms in total. The lowest BCUT2D eigenvalue weighted by molar-refractivity contribution is 0.943. The van der Waals surface area contributed by atoms with Crippen LogP contribution in [0.15, 0.2) is 17.4 Å². The van der Waals surface area contributed by atoms with E-state index in [9.17, 15) is 0 Å². The minimum atomic E-state index is 1.05. The quantitative estimate of drug-likeness (QED) is 0.530. The van der Waals surface area contributed by atoms with Gasteiger partial charge in [-0.1, -0.05) is 0 Å². The van der Waals surface area contributed by atoms with Gasteiger partial charge in [0.25, 0.3) is 0 Å². The second-order valence-electron chi connectivity index (χ2n) is 5.33. The predicted molar refractivity (Wildman–Crippen MR) is 90.7 cm³/mol. The van der Waals surface area contributed by atoms with Gasteiger partial charge in [-0.25, -0.2) is 15.0 Å². The van der Waals surface area contributed by atoms with Crippen molar-refractivity contribution in [3.8, 4) is 0 Å². The topological polar surface area (TPSA) is 41.9 Å². The van der Waals surface area contributed by atoms with Gasteiger partial charge in [0.2, 0.25) is 0 Å². The Morgan fingerprint density at radius 1 is 1.24 bits per heavy atom. The van der Waals surface area contributed by atoms with Crippen LogP contribution in [-0.4, -0.2) is 34.3 Å². The number of aryl methyl sites for hydroxylation is 1. The van der Waals surface area contributed by atoms with E-state index in [0.717, 1.165) is 39.0 Å². The molecule has 0 unspecified atom stereocenters. The number of nitrogens with zero attached hydrogens (tertiary/aromatic N) is 4. The molecule has 0 amide bonds. The fraction of sp³-hybridized carbons (Fsp3) is 0.400. The largest absolute Gasteiger partial charge is 0.357 e. The number of fused-ring (bicyclic) bond motifs is 3. The van der Waals surface area contributed by atoms with Crippen molar-refractivity contribution in [2.24, 2.45) is 0 Å². The molecule has 0 saturated carbocycles. The van der Waals surface area contributed by atoms with Crippen molar-refractivity contribution in [2.75, 3.05) is 24.2 Å². The third kappa shape index (κ3) is 2.08. The first kappa shape index (κ1) is 13.3. The molecule has 1 aliphatic rings. The van der Waals surface area contributed by atoms with Crippen molar-refractivity contribution in [1.29, 1.82) is 0 Å². The van der Waals surface area contributed by atoms with E-state index in [2.05, 4.69) is 34.1 Å². The van der Waals surface area contributed by atoms with E-state index in [-0.39, 0.29) is 0 Å². The Balaban J connectivity index is 1.98. The van der Waals surface area contributed by atoms with Gasteiger partial charge < -0.3 is 4.90 Å². The number of hydrogen-bond acceptors (Lipinski definition) is 6. The molecule has 108 valence electrons. The van der Waals surface area contributed by atoms with Crippen LogP contribution >= 0.6 is 23.1 Å². The van der Waals surface area contributed by atoms with Crippen LogP contribution in [0.5, 0.6) is 0 Å². The summed E-state index contributed by atoms with van der Waals surface area (Å²) in [6.07, 6.45) is 6.26. The molecule has 0 radical (unpaired) electrons. The van der Waals surface area contributed by atoms with Crippen molar-refractivity contribution in [2.45, 2.75) is 24.8 Å². The molecule has 0 aromatic carbocycles. The Morgan fingerprint density at radius 3 is 2.81 bits per heavy atom. The van der Waals surface area contributed by atoms with Gasteiger partial charge >= 0.3 is 0 Å². The normalized spacial score (nSPS) is 15.4. The molecular formula is C15H16N4S2.